The lowest BCUT2D eigenvalue weighted by Gasteiger charge is -2.20. The van der Waals surface area contributed by atoms with Crippen molar-refractivity contribution in [2.24, 2.45) is 0 Å². The molecule has 0 aromatic carbocycles. The number of allylic oxidation sites excluding steroid dienone is 1. The second-order valence-corrected chi connectivity index (χ2v) is 7.09. The van der Waals surface area contributed by atoms with Crippen LogP contribution in [-0.2, 0) is 0 Å². The predicted octanol–water partition coefficient (Wildman–Crippen LogP) is 5.05. The Balaban J connectivity index is 2.16. The molecule has 1 nitrogen and oxygen atoms in total. The number of halogens is 1. The molecule has 0 radical (unpaired) electrons. The monoisotopic (exact) mass is 313 g/mol. The Kier molecular flexibility index (Phi) is 5.26. The highest BCUT2D eigenvalue weighted by Gasteiger charge is 2.16. The summed E-state index contributed by atoms with van der Waals surface area (Å²) in [6.07, 6.45) is 10.5. The second kappa shape index (κ2) is 6.72. The van der Waals surface area contributed by atoms with Gasteiger partial charge in [-0.3, -0.25) is 0 Å². The van der Waals surface area contributed by atoms with Crippen LogP contribution in [0, 0.1) is 0 Å². The van der Waals surface area contributed by atoms with Gasteiger partial charge in [0.05, 0.1) is 9.83 Å². The predicted molar refractivity (Wildman–Crippen MR) is 79.6 cm³/mol. The summed E-state index contributed by atoms with van der Waals surface area (Å²) in [6.45, 7) is 0. The highest BCUT2D eigenvalue weighted by molar-refractivity contribution is 9.11. The molecule has 1 aliphatic rings. The van der Waals surface area contributed by atoms with Crippen molar-refractivity contribution >= 4 is 27.3 Å². The molecular formula is C14H20BrNS. The summed E-state index contributed by atoms with van der Waals surface area (Å²) in [6, 6.07) is 4.80. The molecule has 3 heteroatoms. The molecule has 1 atom stereocenters. The van der Waals surface area contributed by atoms with Gasteiger partial charge in [0.2, 0.25) is 0 Å². The van der Waals surface area contributed by atoms with Crippen LogP contribution in [0.4, 0.5) is 0 Å². The van der Waals surface area contributed by atoms with Crippen molar-refractivity contribution in [2.45, 2.75) is 44.6 Å². The Hall–Kier alpha value is -0.120. The average molecular weight is 314 g/mol. The third-order valence-electron chi connectivity index (χ3n) is 3.36. The van der Waals surface area contributed by atoms with Crippen LogP contribution in [0.1, 0.15) is 49.4 Å². The summed E-state index contributed by atoms with van der Waals surface area (Å²) in [5.74, 6) is 0. The topological polar surface area (TPSA) is 12.0 Å². The standard InChI is InChI=1S/C14H20BrNS/c1-16-14(12-9-10-13(15)17-12)11-7-5-3-2-4-6-8-11/h7,9-10,14,16H,2-6,8H2,1H3/b11-7+. The Labute approximate surface area is 116 Å². The van der Waals surface area contributed by atoms with E-state index in [9.17, 15) is 0 Å². The van der Waals surface area contributed by atoms with Crippen LogP contribution in [0.15, 0.2) is 27.6 Å². The number of hydrogen-bond acceptors (Lipinski definition) is 2. The third kappa shape index (κ3) is 3.67. The van der Waals surface area contributed by atoms with Gasteiger partial charge in [-0.25, -0.2) is 0 Å². The van der Waals surface area contributed by atoms with Crippen molar-refractivity contribution in [3.8, 4) is 0 Å². The third-order valence-corrected chi connectivity index (χ3v) is 5.05. The highest BCUT2D eigenvalue weighted by Crippen LogP contribution is 2.34. The second-order valence-electron chi connectivity index (χ2n) is 4.60. The molecule has 1 heterocycles. The molecule has 0 bridgehead atoms. The first-order valence-corrected chi connectivity index (χ1v) is 8.03. The summed E-state index contributed by atoms with van der Waals surface area (Å²) in [5, 5.41) is 3.47. The smallest absolute Gasteiger partial charge is 0.0702 e. The zero-order valence-electron chi connectivity index (χ0n) is 10.3. The quantitative estimate of drug-likeness (QED) is 0.770. The summed E-state index contributed by atoms with van der Waals surface area (Å²) in [4.78, 5) is 1.42. The number of thiophene rings is 1. The zero-order chi connectivity index (χ0) is 12.1. The minimum atomic E-state index is 0.421. The first-order valence-electron chi connectivity index (χ1n) is 6.42. The van der Waals surface area contributed by atoms with Crippen LogP contribution in [-0.4, -0.2) is 7.05 Å². The number of rotatable bonds is 3. The maximum atomic E-state index is 3.55. The van der Waals surface area contributed by atoms with Crippen LogP contribution in [0.25, 0.3) is 0 Å². The van der Waals surface area contributed by atoms with Crippen molar-refractivity contribution in [3.05, 3.63) is 32.4 Å². The SMILES string of the molecule is CNC(/C1=C/CCCCCC1)c1ccc(Br)s1. The van der Waals surface area contributed by atoms with Gasteiger partial charge in [0.15, 0.2) is 0 Å². The molecule has 0 aliphatic heterocycles. The minimum absolute atomic E-state index is 0.421. The Morgan fingerprint density at radius 2 is 2.06 bits per heavy atom. The fraction of sp³-hybridized carbons (Fsp3) is 0.571. The van der Waals surface area contributed by atoms with Crippen molar-refractivity contribution in [3.63, 3.8) is 0 Å². The van der Waals surface area contributed by atoms with Crippen LogP contribution in [0.2, 0.25) is 0 Å². The average Bonchev–Trinajstić information content (AvgIpc) is 2.68. The van der Waals surface area contributed by atoms with Gasteiger partial charge in [-0.15, -0.1) is 11.3 Å². The van der Waals surface area contributed by atoms with E-state index in [4.69, 9.17) is 0 Å². The molecule has 17 heavy (non-hydrogen) atoms. The lowest BCUT2D eigenvalue weighted by molar-refractivity contribution is 0.577. The largest absolute Gasteiger partial charge is 0.309 e. The van der Waals surface area contributed by atoms with Gasteiger partial charge in [0.25, 0.3) is 0 Å². The fourth-order valence-electron chi connectivity index (χ4n) is 2.47. The lowest BCUT2D eigenvalue weighted by Crippen LogP contribution is -2.18. The minimum Gasteiger partial charge on any atom is -0.309 e. The van der Waals surface area contributed by atoms with Crippen molar-refractivity contribution in [1.29, 1.82) is 0 Å². The maximum Gasteiger partial charge on any atom is 0.0702 e. The summed E-state index contributed by atoms with van der Waals surface area (Å²) >= 11 is 5.39. The molecule has 1 unspecified atom stereocenters. The van der Waals surface area contributed by atoms with Gasteiger partial charge < -0.3 is 5.32 Å². The molecule has 1 aromatic rings. The highest BCUT2D eigenvalue weighted by atomic mass is 79.9. The molecule has 94 valence electrons. The molecule has 1 aromatic heterocycles. The van der Waals surface area contributed by atoms with E-state index in [0.29, 0.717) is 6.04 Å². The summed E-state index contributed by atoms with van der Waals surface area (Å²) in [7, 11) is 2.07. The van der Waals surface area contributed by atoms with E-state index in [0.717, 1.165) is 0 Å². The molecule has 0 spiro atoms. The number of hydrogen-bond donors (Lipinski definition) is 1. The van der Waals surface area contributed by atoms with Gasteiger partial charge in [0.1, 0.15) is 0 Å². The molecule has 1 N–H and O–H groups in total. The van der Waals surface area contributed by atoms with Crippen LogP contribution >= 0.6 is 27.3 Å². The number of nitrogens with one attached hydrogen (secondary N) is 1. The van der Waals surface area contributed by atoms with Crippen LogP contribution in [0.3, 0.4) is 0 Å². The van der Waals surface area contributed by atoms with E-state index in [1.54, 1.807) is 5.57 Å². The van der Waals surface area contributed by atoms with E-state index in [1.807, 2.05) is 11.3 Å². The normalized spacial score (nSPS) is 22.4. The molecule has 2 rings (SSSR count). The number of likely N-dealkylation sites (N-methyl/N-ethyl adjacent to an activating group) is 1. The zero-order valence-corrected chi connectivity index (χ0v) is 12.7. The molecule has 0 fully saturated rings. The Morgan fingerprint density at radius 1 is 1.24 bits per heavy atom. The summed E-state index contributed by atoms with van der Waals surface area (Å²) < 4.78 is 1.22. The molecule has 0 saturated carbocycles. The van der Waals surface area contributed by atoms with Gasteiger partial charge in [-0.1, -0.05) is 24.5 Å². The lowest BCUT2D eigenvalue weighted by atomic mass is 9.94. The van der Waals surface area contributed by atoms with Gasteiger partial charge in [0, 0.05) is 4.88 Å². The van der Waals surface area contributed by atoms with Gasteiger partial charge in [-0.2, -0.15) is 0 Å². The Bertz CT molecular complexity index is 383. The van der Waals surface area contributed by atoms with E-state index in [1.165, 1.54) is 47.2 Å². The molecular weight excluding hydrogens is 294 g/mol. The van der Waals surface area contributed by atoms with Crippen molar-refractivity contribution < 1.29 is 0 Å². The van der Waals surface area contributed by atoms with E-state index >= 15 is 0 Å². The van der Waals surface area contributed by atoms with Gasteiger partial charge in [-0.05, 0) is 60.8 Å². The first-order chi connectivity index (χ1) is 8.31. The van der Waals surface area contributed by atoms with Crippen LogP contribution < -0.4 is 5.32 Å². The molecule has 0 saturated heterocycles. The maximum absolute atomic E-state index is 3.55. The van der Waals surface area contributed by atoms with E-state index in [2.05, 4.69) is 46.5 Å². The molecule has 0 amide bonds. The van der Waals surface area contributed by atoms with Gasteiger partial charge >= 0.3 is 0 Å². The van der Waals surface area contributed by atoms with E-state index < -0.39 is 0 Å². The van der Waals surface area contributed by atoms with Crippen molar-refractivity contribution in [1.82, 2.24) is 5.32 Å². The van der Waals surface area contributed by atoms with Crippen molar-refractivity contribution in [2.75, 3.05) is 7.05 Å². The van der Waals surface area contributed by atoms with E-state index in [-0.39, 0.29) is 0 Å². The van der Waals surface area contributed by atoms with Crippen LogP contribution in [0.5, 0.6) is 0 Å². The molecule has 1 aliphatic carbocycles. The first kappa shape index (κ1) is 13.3. The fourth-order valence-corrected chi connectivity index (χ4v) is 4.05. The Morgan fingerprint density at radius 3 is 2.76 bits per heavy atom. The summed E-state index contributed by atoms with van der Waals surface area (Å²) in [5.41, 5.74) is 1.58.